The summed E-state index contributed by atoms with van der Waals surface area (Å²) in [5, 5.41) is 2.59. The molecule has 0 saturated carbocycles. The Morgan fingerprint density at radius 3 is 2.50 bits per heavy atom. The number of amides is 2. The van der Waals surface area contributed by atoms with Crippen molar-refractivity contribution >= 4 is 39.1 Å². The molecule has 0 bridgehead atoms. The predicted octanol–water partition coefficient (Wildman–Crippen LogP) is 2.50. The summed E-state index contributed by atoms with van der Waals surface area (Å²) in [4.78, 5) is 27.6. The van der Waals surface area contributed by atoms with Crippen molar-refractivity contribution in [3.05, 3.63) is 54.6 Å². The van der Waals surface area contributed by atoms with Gasteiger partial charge < -0.3 is 10.2 Å². The van der Waals surface area contributed by atoms with Crippen LogP contribution in [0.15, 0.2) is 64.4 Å². The summed E-state index contributed by atoms with van der Waals surface area (Å²) in [6, 6.07) is 15.9. The SMILES string of the molecule is O=C(CCC(=O)N1CCSc2ccccc21)NCCS(=O)(=O)c1ccccc1. The molecule has 8 heteroatoms. The van der Waals surface area contributed by atoms with E-state index in [1.54, 1.807) is 34.9 Å². The van der Waals surface area contributed by atoms with Crippen molar-refractivity contribution in [2.24, 2.45) is 0 Å². The van der Waals surface area contributed by atoms with E-state index in [4.69, 9.17) is 0 Å². The number of hydrogen-bond donors (Lipinski definition) is 1. The number of fused-ring (bicyclic) bond motifs is 1. The van der Waals surface area contributed by atoms with E-state index in [9.17, 15) is 18.0 Å². The van der Waals surface area contributed by atoms with Crippen LogP contribution in [0, 0.1) is 0 Å². The third-order valence-corrected chi connectivity index (χ3v) is 7.17. The third-order valence-electron chi connectivity index (χ3n) is 4.39. The molecular weight excluding hydrogens is 396 g/mol. The van der Waals surface area contributed by atoms with Crippen LogP contribution in [0.4, 0.5) is 5.69 Å². The summed E-state index contributed by atoms with van der Waals surface area (Å²) in [5.41, 5.74) is 0.887. The Morgan fingerprint density at radius 1 is 1.00 bits per heavy atom. The minimum absolute atomic E-state index is 0.0213. The maximum absolute atomic E-state index is 12.5. The second-order valence-electron chi connectivity index (χ2n) is 6.34. The fourth-order valence-corrected chi connectivity index (χ4v) is 5.12. The van der Waals surface area contributed by atoms with Crippen LogP contribution in [0.25, 0.3) is 0 Å². The van der Waals surface area contributed by atoms with Gasteiger partial charge in [-0.3, -0.25) is 9.59 Å². The summed E-state index contributed by atoms with van der Waals surface area (Å²) >= 11 is 1.72. The summed E-state index contributed by atoms with van der Waals surface area (Å²) in [7, 11) is -3.43. The zero-order valence-electron chi connectivity index (χ0n) is 15.3. The lowest BCUT2D eigenvalue weighted by molar-refractivity contribution is -0.125. The van der Waals surface area contributed by atoms with Crippen molar-refractivity contribution in [1.82, 2.24) is 5.32 Å². The number of nitrogens with one attached hydrogen (secondary N) is 1. The lowest BCUT2D eigenvalue weighted by Gasteiger charge is -2.29. The third kappa shape index (κ3) is 5.14. The van der Waals surface area contributed by atoms with Crippen LogP contribution in [0.3, 0.4) is 0 Å². The van der Waals surface area contributed by atoms with E-state index < -0.39 is 9.84 Å². The van der Waals surface area contributed by atoms with Gasteiger partial charge in [-0.2, -0.15) is 0 Å². The molecule has 2 amide bonds. The number of carbonyl (C=O) groups excluding carboxylic acids is 2. The monoisotopic (exact) mass is 418 g/mol. The van der Waals surface area contributed by atoms with Crippen molar-refractivity contribution in [3.63, 3.8) is 0 Å². The molecule has 2 aromatic rings. The number of carbonyl (C=O) groups is 2. The molecule has 0 unspecified atom stereocenters. The highest BCUT2D eigenvalue weighted by Crippen LogP contribution is 2.34. The first kappa shape index (κ1) is 20.4. The molecule has 0 fully saturated rings. The fraction of sp³-hybridized carbons (Fsp3) is 0.300. The smallest absolute Gasteiger partial charge is 0.227 e. The Labute approximate surface area is 169 Å². The highest BCUT2D eigenvalue weighted by atomic mass is 32.2. The van der Waals surface area contributed by atoms with Crippen molar-refractivity contribution < 1.29 is 18.0 Å². The van der Waals surface area contributed by atoms with E-state index in [0.29, 0.717) is 6.54 Å². The van der Waals surface area contributed by atoms with Crippen molar-refractivity contribution in [1.29, 1.82) is 0 Å². The van der Waals surface area contributed by atoms with Gasteiger partial charge in [0.15, 0.2) is 9.84 Å². The predicted molar refractivity (Wildman–Crippen MR) is 110 cm³/mol. The molecular formula is C20H22N2O4S2. The second kappa shape index (κ2) is 9.25. The number of anilines is 1. The maximum atomic E-state index is 12.5. The number of benzene rings is 2. The zero-order chi connectivity index (χ0) is 20.0. The van der Waals surface area contributed by atoms with Crippen LogP contribution in [0.2, 0.25) is 0 Å². The molecule has 0 radical (unpaired) electrons. The van der Waals surface area contributed by atoms with Crippen LogP contribution < -0.4 is 10.2 Å². The van der Waals surface area contributed by atoms with Gasteiger partial charge in [0.05, 0.1) is 16.3 Å². The van der Waals surface area contributed by atoms with Gasteiger partial charge in [-0.25, -0.2) is 8.42 Å². The van der Waals surface area contributed by atoms with E-state index in [2.05, 4.69) is 5.32 Å². The minimum atomic E-state index is -3.43. The summed E-state index contributed by atoms with van der Waals surface area (Å²) < 4.78 is 24.4. The molecule has 2 aromatic carbocycles. The number of para-hydroxylation sites is 1. The van der Waals surface area contributed by atoms with Gasteiger partial charge in [0.2, 0.25) is 11.8 Å². The van der Waals surface area contributed by atoms with Crippen LogP contribution in [-0.4, -0.2) is 44.8 Å². The van der Waals surface area contributed by atoms with Gasteiger partial charge in [0.1, 0.15) is 0 Å². The molecule has 1 aliphatic heterocycles. The second-order valence-corrected chi connectivity index (χ2v) is 9.59. The molecule has 1 N–H and O–H groups in total. The van der Waals surface area contributed by atoms with Crippen LogP contribution in [0.5, 0.6) is 0 Å². The highest BCUT2D eigenvalue weighted by Gasteiger charge is 2.23. The number of hydrogen-bond acceptors (Lipinski definition) is 5. The summed E-state index contributed by atoms with van der Waals surface area (Å²) in [6.07, 6.45) is 0.131. The molecule has 1 aliphatic rings. The van der Waals surface area contributed by atoms with Gasteiger partial charge in [-0.05, 0) is 24.3 Å². The molecule has 1 heterocycles. The van der Waals surface area contributed by atoms with Gasteiger partial charge in [0, 0.05) is 36.6 Å². The van der Waals surface area contributed by atoms with Gasteiger partial charge in [0.25, 0.3) is 0 Å². The quantitative estimate of drug-likeness (QED) is 0.747. The Hall–Kier alpha value is -2.32. The first-order valence-electron chi connectivity index (χ1n) is 9.04. The van der Waals surface area contributed by atoms with Gasteiger partial charge >= 0.3 is 0 Å². The number of thioether (sulfide) groups is 1. The first-order valence-corrected chi connectivity index (χ1v) is 11.7. The maximum Gasteiger partial charge on any atom is 0.227 e. The Balaban J connectivity index is 1.46. The average molecular weight is 419 g/mol. The first-order chi connectivity index (χ1) is 13.5. The standard InChI is InChI=1S/C20H22N2O4S2/c23-19(21-12-15-28(25,26)16-6-2-1-3-7-16)10-11-20(24)22-13-14-27-18-9-5-4-8-17(18)22/h1-9H,10-15H2,(H,21,23). The molecule has 3 rings (SSSR count). The minimum Gasteiger partial charge on any atom is -0.355 e. The molecule has 0 aliphatic carbocycles. The summed E-state index contributed by atoms with van der Waals surface area (Å²) in [6.45, 7) is 0.644. The molecule has 0 aromatic heterocycles. The van der Waals surface area contributed by atoms with E-state index >= 15 is 0 Å². The largest absolute Gasteiger partial charge is 0.355 e. The van der Waals surface area contributed by atoms with Gasteiger partial charge in [-0.1, -0.05) is 30.3 Å². The molecule has 0 atom stereocenters. The molecule has 6 nitrogen and oxygen atoms in total. The van der Waals surface area contributed by atoms with E-state index in [0.717, 1.165) is 16.3 Å². The molecule has 148 valence electrons. The normalized spacial score (nSPS) is 13.6. The fourth-order valence-electron chi connectivity index (χ4n) is 2.94. The van der Waals surface area contributed by atoms with E-state index in [1.807, 2.05) is 24.3 Å². The Kier molecular flexibility index (Phi) is 6.74. The van der Waals surface area contributed by atoms with E-state index in [1.165, 1.54) is 12.1 Å². The van der Waals surface area contributed by atoms with Crippen LogP contribution in [-0.2, 0) is 19.4 Å². The van der Waals surface area contributed by atoms with Gasteiger partial charge in [-0.15, -0.1) is 11.8 Å². The van der Waals surface area contributed by atoms with Crippen molar-refractivity contribution in [2.45, 2.75) is 22.6 Å². The number of sulfone groups is 1. The van der Waals surface area contributed by atoms with Crippen molar-refractivity contribution in [2.75, 3.05) is 29.5 Å². The molecule has 28 heavy (non-hydrogen) atoms. The number of rotatable bonds is 7. The Bertz CT molecular complexity index is 946. The summed E-state index contributed by atoms with van der Waals surface area (Å²) in [5.74, 6) is 0.232. The topological polar surface area (TPSA) is 83.6 Å². The van der Waals surface area contributed by atoms with Crippen LogP contribution >= 0.6 is 11.8 Å². The Morgan fingerprint density at radius 2 is 1.71 bits per heavy atom. The lowest BCUT2D eigenvalue weighted by atomic mass is 10.2. The number of nitrogens with zero attached hydrogens (tertiary/aromatic N) is 1. The molecule has 0 saturated heterocycles. The van der Waals surface area contributed by atoms with Crippen molar-refractivity contribution in [3.8, 4) is 0 Å². The van der Waals surface area contributed by atoms with Crippen LogP contribution in [0.1, 0.15) is 12.8 Å². The lowest BCUT2D eigenvalue weighted by Crippen LogP contribution is -2.36. The highest BCUT2D eigenvalue weighted by molar-refractivity contribution is 7.99. The zero-order valence-corrected chi connectivity index (χ0v) is 17.0. The van der Waals surface area contributed by atoms with E-state index in [-0.39, 0.29) is 41.8 Å². The average Bonchev–Trinajstić information content (AvgIpc) is 2.72. The molecule has 0 spiro atoms.